The van der Waals surface area contributed by atoms with Gasteiger partial charge < -0.3 is 10.6 Å². The van der Waals surface area contributed by atoms with Gasteiger partial charge in [0.1, 0.15) is 5.69 Å². The molecule has 2 aromatic rings. The Labute approximate surface area is 139 Å². The molecule has 2 N–H and O–H groups in total. The number of anilines is 2. The molecule has 1 aliphatic heterocycles. The van der Waals surface area contributed by atoms with Crippen LogP contribution in [0, 0.1) is 5.92 Å². The molecule has 1 atom stereocenters. The molecule has 116 valence electrons. The van der Waals surface area contributed by atoms with Gasteiger partial charge in [0.25, 0.3) is 0 Å². The number of rotatable bonds is 2. The third-order valence-electron chi connectivity index (χ3n) is 3.78. The molecule has 0 amide bonds. The van der Waals surface area contributed by atoms with E-state index in [-0.39, 0.29) is 5.95 Å². The Kier molecular flexibility index (Phi) is 4.36. The van der Waals surface area contributed by atoms with E-state index >= 15 is 0 Å². The second-order valence-electron chi connectivity index (χ2n) is 5.69. The Morgan fingerprint density at radius 1 is 1.18 bits per heavy atom. The van der Waals surface area contributed by atoms with Gasteiger partial charge in [-0.3, -0.25) is 0 Å². The molecular formula is C15H17Cl2N5. The highest BCUT2D eigenvalue weighted by Gasteiger charge is 2.22. The second kappa shape index (κ2) is 6.26. The van der Waals surface area contributed by atoms with Crippen molar-refractivity contribution >= 4 is 35.0 Å². The Balaban J connectivity index is 2.07. The molecule has 0 radical (unpaired) electrons. The monoisotopic (exact) mass is 337 g/mol. The van der Waals surface area contributed by atoms with Crippen LogP contribution in [0.5, 0.6) is 0 Å². The number of piperidine rings is 1. The molecule has 0 saturated carbocycles. The first-order valence-corrected chi connectivity index (χ1v) is 8.00. The maximum atomic E-state index is 6.10. The summed E-state index contributed by atoms with van der Waals surface area (Å²) >= 11 is 12.2. The van der Waals surface area contributed by atoms with E-state index in [2.05, 4.69) is 27.0 Å². The van der Waals surface area contributed by atoms with Crippen molar-refractivity contribution in [3.8, 4) is 11.3 Å². The van der Waals surface area contributed by atoms with E-state index in [1.165, 1.54) is 6.42 Å². The third-order valence-corrected chi connectivity index (χ3v) is 4.21. The molecule has 1 unspecified atom stereocenters. The minimum atomic E-state index is 0.171. The Bertz CT molecular complexity index is 671. The van der Waals surface area contributed by atoms with Gasteiger partial charge in [0.05, 0.1) is 0 Å². The maximum absolute atomic E-state index is 6.10. The zero-order valence-corrected chi connectivity index (χ0v) is 13.8. The van der Waals surface area contributed by atoms with Crippen LogP contribution in [0.1, 0.15) is 19.8 Å². The smallest absolute Gasteiger partial charge is 0.242 e. The molecule has 0 bridgehead atoms. The van der Waals surface area contributed by atoms with E-state index in [4.69, 9.17) is 28.9 Å². The molecule has 1 aromatic heterocycles. The first kappa shape index (κ1) is 15.3. The molecule has 5 nitrogen and oxygen atoms in total. The Morgan fingerprint density at radius 2 is 1.91 bits per heavy atom. The first-order valence-electron chi connectivity index (χ1n) is 7.24. The van der Waals surface area contributed by atoms with Crippen molar-refractivity contribution in [3.05, 3.63) is 28.2 Å². The lowest BCUT2D eigenvalue weighted by Gasteiger charge is -2.32. The minimum Gasteiger partial charge on any atom is -0.366 e. The number of hydrogen-bond acceptors (Lipinski definition) is 5. The number of nitrogen functional groups attached to an aromatic ring is 1. The van der Waals surface area contributed by atoms with Gasteiger partial charge in [-0.2, -0.15) is 4.98 Å². The van der Waals surface area contributed by atoms with Gasteiger partial charge in [-0.25, -0.2) is 0 Å². The number of aromatic nitrogens is 3. The fraction of sp³-hybridized carbons (Fsp3) is 0.400. The number of hydrogen-bond donors (Lipinski definition) is 1. The molecule has 3 rings (SSSR count). The van der Waals surface area contributed by atoms with Crippen molar-refractivity contribution < 1.29 is 0 Å². The van der Waals surface area contributed by atoms with E-state index in [0.717, 1.165) is 30.9 Å². The van der Waals surface area contributed by atoms with Gasteiger partial charge in [0, 0.05) is 28.7 Å². The van der Waals surface area contributed by atoms with E-state index < -0.39 is 0 Å². The molecule has 0 spiro atoms. The SMILES string of the molecule is CC1CCCN(c2nc(N)nnc2-c2cc(Cl)cc(Cl)c2)C1. The van der Waals surface area contributed by atoms with E-state index in [1.807, 2.05) is 12.1 Å². The van der Waals surface area contributed by atoms with Crippen LogP contribution in [-0.4, -0.2) is 28.3 Å². The summed E-state index contributed by atoms with van der Waals surface area (Å²) in [6.45, 7) is 4.10. The van der Waals surface area contributed by atoms with Gasteiger partial charge in [0.2, 0.25) is 5.95 Å². The summed E-state index contributed by atoms with van der Waals surface area (Å²) in [7, 11) is 0. The van der Waals surface area contributed by atoms with Gasteiger partial charge >= 0.3 is 0 Å². The summed E-state index contributed by atoms with van der Waals surface area (Å²) < 4.78 is 0. The number of nitrogens with zero attached hydrogens (tertiary/aromatic N) is 4. The molecule has 1 saturated heterocycles. The molecule has 1 aliphatic rings. The topological polar surface area (TPSA) is 67.9 Å². The second-order valence-corrected chi connectivity index (χ2v) is 6.57. The van der Waals surface area contributed by atoms with Crippen molar-refractivity contribution in [1.29, 1.82) is 0 Å². The largest absolute Gasteiger partial charge is 0.366 e. The molecule has 1 fully saturated rings. The molecule has 1 aromatic carbocycles. The van der Waals surface area contributed by atoms with Gasteiger partial charge in [0.15, 0.2) is 5.82 Å². The average Bonchev–Trinajstić information content (AvgIpc) is 2.46. The van der Waals surface area contributed by atoms with Crippen molar-refractivity contribution in [3.63, 3.8) is 0 Å². The van der Waals surface area contributed by atoms with Crippen LogP contribution in [-0.2, 0) is 0 Å². The van der Waals surface area contributed by atoms with Crippen LogP contribution >= 0.6 is 23.2 Å². The predicted molar refractivity (Wildman–Crippen MR) is 90.3 cm³/mol. The van der Waals surface area contributed by atoms with Crippen LogP contribution in [0.4, 0.5) is 11.8 Å². The maximum Gasteiger partial charge on any atom is 0.242 e. The third kappa shape index (κ3) is 3.25. The fourth-order valence-electron chi connectivity index (χ4n) is 2.81. The summed E-state index contributed by atoms with van der Waals surface area (Å²) in [5.41, 5.74) is 7.20. The van der Waals surface area contributed by atoms with Crippen LogP contribution in [0.2, 0.25) is 10.0 Å². The van der Waals surface area contributed by atoms with Crippen LogP contribution in [0.25, 0.3) is 11.3 Å². The summed E-state index contributed by atoms with van der Waals surface area (Å²) in [6.07, 6.45) is 2.35. The molecule has 7 heteroatoms. The van der Waals surface area contributed by atoms with Crippen LogP contribution in [0.3, 0.4) is 0 Å². The van der Waals surface area contributed by atoms with E-state index in [0.29, 0.717) is 21.7 Å². The van der Waals surface area contributed by atoms with Gasteiger partial charge in [-0.1, -0.05) is 30.1 Å². The highest BCUT2D eigenvalue weighted by atomic mass is 35.5. The number of benzene rings is 1. The van der Waals surface area contributed by atoms with Gasteiger partial charge in [-0.15, -0.1) is 10.2 Å². The zero-order valence-electron chi connectivity index (χ0n) is 12.3. The normalized spacial score (nSPS) is 18.5. The minimum absolute atomic E-state index is 0.171. The lowest BCUT2D eigenvalue weighted by Crippen LogP contribution is -2.35. The molecule has 22 heavy (non-hydrogen) atoms. The lowest BCUT2D eigenvalue weighted by atomic mass is 10.00. The molecule has 2 heterocycles. The highest BCUT2D eigenvalue weighted by Crippen LogP contribution is 2.33. The standard InChI is InChI=1S/C15H17Cl2N5/c1-9-3-2-4-22(8-9)14-13(20-21-15(18)19-14)10-5-11(16)7-12(17)6-10/h5-7,9H,2-4,8H2,1H3,(H2,18,19,21). The molecular weight excluding hydrogens is 321 g/mol. The lowest BCUT2D eigenvalue weighted by molar-refractivity contribution is 0.444. The number of halogens is 2. The van der Waals surface area contributed by atoms with Crippen molar-refractivity contribution in [2.75, 3.05) is 23.7 Å². The summed E-state index contributed by atoms with van der Waals surface area (Å²) in [4.78, 5) is 6.62. The van der Waals surface area contributed by atoms with E-state index in [9.17, 15) is 0 Å². The van der Waals surface area contributed by atoms with Crippen LogP contribution in [0.15, 0.2) is 18.2 Å². The van der Waals surface area contributed by atoms with Gasteiger partial charge in [-0.05, 0) is 37.0 Å². The quantitative estimate of drug-likeness (QED) is 0.905. The van der Waals surface area contributed by atoms with Crippen molar-refractivity contribution in [2.24, 2.45) is 5.92 Å². The zero-order chi connectivity index (χ0) is 15.7. The predicted octanol–water partition coefficient (Wildman–Crippen LogP) is 3.66. The Hall–Kier alpha value is -1.59. The van der Waals surface area contributed by atoms with Crippen LogP contribution < -0.4 is 10.6 Å². The first-order chi connectivity index (χ1) is 10.5. The average molecular weight is 338 g/mol. The van der Waals surface area contributed by atoms with Crippen molar-refractivity contribution in [2.45, 2.75) is 19.8 Å². The van der Waals surface area contributed by atoms with Crippen molar-refractivity contribution in [1.82, 2.24) is 15.2 Å². The fourth-order valence-corrected chi connectivity index (χ4v) is 3.34. The summed E-state index contributed by atoms with van der Waals surface area (Å²) in [6, 6.07) is 5.31. The Morgan fingerprint density at radius 3 is 2.59 bits per heavy atom. The number of nitrogens with two attached hydrogens (primary N) is 1. The van der Waals surface area contributed by atoms with E-state index in [1.54, 1.807) is 6.07 Å². The highest BCUT2D eigenvalue weighted by molar-refractivity contribution is 6.35. The molecule has 0 aliphatic carbocycles. The summed E-state index contributed by atoms with van der Waals surface area (Å²) in [5.74, 6) is 1.53. The summed E-state index contributed by atoms with van der Waals surface area (Å²) in [5, 5.41) is 9.24.